The van der Waals surface area contributed by atoms with Crippen LogP contribution in [0, 0.1) is 0 Å². The van der Waals surface area contributed by atoms with Crippen LogP contribution in [0.15, 0.2) is 48.5 Å². The summed E-state index contributed by atoms with van der Waals surface area (Å²) in [5, 5.41) is 0. The van der Waals surface area contributed by atoms with Gasteiger partial charge in [0.2, 0.25) is 0 Å². The summed E-state index contributed by atoms with van der Waals surface area (Å²) in [6, 6.07) is 14.1. The number of hydrogen-bond acceptors (Lipinski definition) is 5. The van der Waals surface area contributed by atoms with Crippen LogP contribution in [-0.2, 0) is 11.3 Å². The van der Waals surface area contributed by atoms with Gasteiger partial charge in [-0.25, -0.2) is 0 Å². The second kappa shape index (κ2) is 9.92. The van der Waals surface area contributed by atoms with E-state index in [4.69, 9.17) is 9.47 Å². The fourth-order valence-electron chi connectivity index (χ4n) is 4.12. The van der Waals surface area contributed by atoms with Crippen LogP contribution >= 0.6 is 0 Å². The van der Waals surface area contributed by atoms with Crippen LogP contribution in [0.5, 0.6) is 5.75 Å². The SMILES string of the molecule is COc1ccc(C(=O)C=Cc2ccc(N3CCOCC3)cc2)cc1CN1CCCC1. The third-order valence-corrected chi connectivity index (χ3v) is 5.85. The van der Waals surface area contributed by atoms with Gasteiger partial charge >= 0.3 is 0 Å². The summed E-state index contributed by atoms with van der Waals surface area (Å²) in [6.07, 6.45) is 6.03. The maximum atomic E-state index is 12.8. The van der Waals surface area contributed by atoms with Crippen LogP contribution in [0.1, 0.15) is 34.3 Å². The highest BCUT2D eigenvalue weighted by molar-refractivity contribution is 6.07. The van der Waals surface area contributed by atoms with Crippen molar-refractivity contribution in [1.82, 2.24) is 4.90 Å². The number of likely N-dealkylation sites (tertiary alicyclic amines) is 1. The highest BCUT2D eigenvalue weighted by Gasteiger charge is 2.16. The van der Waals surface area contributed by atoms with Crippen LogP contribution in [0.2, 0.25) is 0 Å². The van der Waals surface area contributed by atoms with E-state index in [0.29, 0.717) is 5.56 Å². The number of benzene rings is 2. The molecule has 0 atom stereocenters. The van der Waals surface area contributed by atoms with Gasteiger partial charge in [-0.15, -0.1) is 0 Å². The van der Waals surface area contributed by atoms with Crippen molar-refractivity contribution in [3.8, 4) is 5.75 Å². The van der Waals surface area contributed by atoms with Gasteiger partial charge in [-0.05, 0) is 67.9 Å². The number of ether oxygens (including phenoxy) is 2. The van der Waals surface area contributed by atoms with E-state index in [1.807, 2.05) is 24.3 Å². The van der Waals surface area contributed by atoms with E-state index in [9.17, 15) is 4.79 Å². The predicted molar refractivity (Wildman–Crippen MR) is 120 cm³/mol. The van der Waals surface area contributed by atoms with Crippen molar-refractivity contribution in [2.75, 3.05) is 51.4 Å². The first-order valence-electron chi connectivity index (χ1n) is 10.8. The average Bonchev–Trinajstić information content (AvgIpc) is 3.31. The topological polar surface area (TPSA) is 42.0 Å². The normalized spacial score (nSPS) is 17.6. The number of anilines is 1. The quantitative estimate of drug-likeness (QED) is 0.513. The van der Waals surface area contributed by atoms with Crippen molar-refractivity contribution in [3.63, 3.8) is 0 Å². The maximum Gasteiger partial charge on any atom is 0.185 e. The number of ketones is 1. The summed E-state index contributed by atoms with van der Waals surface area (Å²) in [7, 11) is 1.69. The first-order valence-corrected chi connectivity index (χ1v) is 10.8. The summed E-state index contributed by atoms with van der Waals surface area (Å²) in [5.74, 6) is 0.860. The van der Waals surface area contributed by atoms with Crippen molar-refractivity contribution >= 4 is 17.5 Å². The third-order valence-electron chi connectivity index (χ3n) is 5.85. The Kier molecular flexibility index (Phi) is 6.82. The highest BCUT2D eigenvalue weighted by Crippen LogP contribution is 2.24. The molecule has 0 saturated carbocycles. The Morgan fingerprint density at radius 3 is 2.47 bits per heavy atom. The Hall–Kier alpha value is -2.63. The minimum Gasteiger partial charge on any atom is -0.496 e. The van der Waals surface area contributed by atoms with Crippen molar-refractivity contribution in [2.45, 2.75) is 19.4 Å². The van der Waals surface area contributed by atoms with Gasteiger partial charge in [-0.2, -0.15) is 0 Å². The molecule has 0 N–H and O–H groups in total. The van der Waals surface area contributed by atoms with Gasteiger partial charge in [0.05, 0.1) is 20.3 Å². The Bertz CT molecular complexity index is 880. The molecule has 5 nitrogen and oxygen atoms in total. The molecule has 0 aliphatic carbocycles. The fraction of sp³-hybridized carbons (Fsp3) is 0.400. The highest BCUT2D eigenvalue weighted by atomic mass is 16.5. The number of carbonyl (C=O) groups is 1. The number of allylic oxidation sites excluding steroid dienone is 1. The number of methoxy groups -OCH3 is 1. The van der Waals surface area contributed by atoms with Crippen LogP contribution in [0.4, 0.5) is 5.69 Å². The average molecular weight is 407 g/mol. The Balaban J connectivity index is 1.43. The van der Waals surface area contributed by atoms with Gasteiger partial charge in [0.1, 0.15) is 5.75 Å². The molecule has 2 heterocycles. The lowest BCUT2D eigenvalue weighted by atomic mass is 10.0. The lowest BCUT2D eigenvalue weighted by molar-refractivity contribution is 0.104. The Morgan fingerprint density at radius 1 is 1.03 bits per heavy atom. The zero-order chi connectivity index (χ0) is 20.8. The zero-order valence-electron chi connectivity index (χ0n) is 17.7. The molecule has 0 bridgehead atoms. The molecule has 0 spiro atoms. The summed E-state index contributed by atoms with van der Waals surface area (Å²) in [6.45, 7) is 6.45. The lowest BCUT2D eigenvalue weighted by Crippen LogP contribution is -2.36. The molecule has 2 aromatic carbocycles. The molecule has 0 unspecified atom stereocenters. The van der Waals surface area contributed by atoms with Crippen molar-refractivity contribution in [3.05, 3.63) is 65.2 Å². The van der Waals surface area contributed by atoms with E-state index in [-0.39, 0.29) is 5.78 Å². The number of rotatable bonds is 7. The molecule has 0 amide bonds. The lowest BCUT2D eigenvalue weighted by Gasteiger charge is -2.28. The molecule has 158 valence electrons. The molecule has 4 rings (SSSR count). The first kappa shape index (κ1) is 20.6. The fourth-order valence-corrected chi connectivity index (χ4v) is 4.12. The number of morpholine rings is 1. The number of hydrogen-bond donors (Lipinski definition) is 0. The molecule has 2 aliphatic heterocycles. The van der Waals surface area contributed by atoms with E-state index < -0.39 is 0 Å². The monoisotopic (exact) mass is 406 g/mol. The molecule has 2 aliphatic rings. The summed E-state index contributed by atoms with van der Waals surface area (Å²) >= 11 is 0. The molecular formula is C25H30N2O3. The van der Waals surface area contributed by atoms with Gasteiger partial charge in [-0.1, -0.05) is 18.2 Å². The Morgan fingerprint density at radius 2 is 1.77 bits per heavy atom. The minimum absolute atomic E-state index is 0.0116. The standard InChI is InChI=1S/C25H30N2O3/c1-29-25-11-7-21(18-22(25)19-26-12-2-3-13-26)24(28)10-6-20-4-8-23(9-5-20)27-14-16-30-17-15-27/h4-11,18H,2-3,12-17,19H2,1H3. The maximum absolute atomic E-state index is 12.8. The first-order chi connectivity index (χ1) is 14.7. The van der Waals surface area contributed by atoms with E-state index in [1.165, 1.54) is 18.5 Å². The second-order valence-corrected chi connectivity index (χ2v) is 7.90. The molecular weight excluding hydrogens is 376 g/mol. The number of nitrogens with zero attached hydrogens (tertiary/aromatic N) is 2. The van der Waals surface area contributed by atoms with E-state index in [1.54, 1.807) is 13.2 Å². The van der Waals surface area contributed by atoms with Crippen molar-refractivity contribution < 1.29 is 14.3 Å². The van der Waals surface area contributed by atoms with E-state index in [2.05, 4.69) is 34.1 Å². The zero-order valence-corrected chi connectivity index (χ0v) is 17.7. The van der Waals surface area contributed by atoms with Crippen molar-refractivity contribution in [2.24, 2.45) is 0 Å². The second-order valence-electron chi connectivity index (χ2n) is 7.90. The van der Waals surface area contributed by atoms with Crippen LogP contribution in [0.25, 0.3) is 6.08 Å². The minimum atomic E-state index is 0.0116. The molecule has 5 heteroatoms. The van der Waals surface area contributed by atoms with E-state index in [0.717, 1.165) is 62.8 Å². The molecule has 2 aromatic rings. The molecule has 30 heavy (non-hydrogen) atoms. The summed E-state index contributed by atoms with van der Waals surface area (Å²) in [5.41, 5.74) is 3.99. The smallest absolute Gasteiger partial charge is 0.185 e. The third kappa shape index (κ3) is 5.10. The van der Waals surface area contributed by atoms with Gasteiger partial charge < -0.3 is 14.4 Å². The van der Waals surface area contributed by atoms with Gasteiger partial charge in [0, 0.05) is 36.4 Å². The molecule has 2 fully saturated rings. The predicted octanol–water partition coefficient (Wildman–Crippen LogP) is 4.02. The largest absolute Gasteiger partial charge is 0.496 e. The van der Waals surface area contributed by atoms with Crippen LogP contribution in [-0.4, -0.2) is 57.2 Å². The van der Waals surface area contributed by atoms with E-state index >= 15 is 0 Å². The molecule has 0 radical (unpaired) electrons. The summed E-state index contributed by atoms with van der Waals surface area (Å²) < 4.78 is 10.9. The number of carbonyl (C=O) groups excluding carboxylic acids is 1. The van der Waals surface area contributed by atoms with Crippen LogP contribution < -0.4 is 9.64 Å². The van der Waals surface area contributed by atoms with Crippen LogP contribution in [0.3, 0.4) is 0 Å². The van der Waals surface area contributed by atoms with Gasteiger partial charge in [0.15, 0.2) is 5.78 Å². The van der Waals surface area contributed by atoms with Gasteiger partial charge in [0.25, 0.3) is 0 Å². The van der Waals surface area contributed by atoms with Gasteiger partial charge in [-0.3, -0.25) is 9.69 Å². The molecule has 0 aromatic heterocycles. The summed E-state index contributed by atoms with van der Waals surface area (Å²) in [4.78, 5) is 17.5. The molecule has 2 saturated heterocycles. The van der Waals surface area contributed by atoms with Crippen molar-refractivity contribution in [1.29, 1.82) is 0 Å². The Labute approximate surface area is 178 Å².